The highest BCUT2D eigenvalue weighted by Crippen LogP contribution is 2.47. The lowest BCUT2D eigenvalue weighted by atomic mass is 9.82. The highest BCUT2D eigenvalue weighted by atomic mass is 14.4. The summed E-state index contributed by atoms with van der Waals surface area (Å²) < 4.78 is 0. The zero-order chi connectivity index (χ0) is 10.5. The minimum atomic E-state index is 0.0488. The van der Waals surface area contributed by atoms with Gasteiger partial charge in [0.05, 0.1) is 0 Å². The Bertz CT molecular complexity index is 474. The Balaban J connectivity index is 2.42. The number of rotatable bonds is 0. The van der Waals surface area contributed by atoms with E-state index in [4.69, 9.17) is 0 Å². The van der Waals surface area contributed by atoms with Gasteiger partial charge in [-0.3, -0.25) is 0 Å². The predicted molar refractivity (Wildman–Crippen MR) is 61.7 cm³/mol. The van der Waals surface area contributed by atoms with Gasteiger partial charge in [0.15, 0.2) is 0 Å². The molecular formula is C15H12. The second-order valence-corrected chi connectivity index (χ2v) is 4.54. The van der Waals surface area contributed by atoms with Crippen molar-refractivity contribution >= 4 is 0 Å². The van der Waals surface area contributed by atoms with Crippen LogP contribution in [0.5, 0.6) is 0 Å². The van der Waals surface area contributed by atoms with Crippen molar-refractivity contribution in [1.82, 2.24) is 0 Å². The fourth-order valence-corrected chi connectivity index (χ4v) is 2.48. The molecule has 0 amide bonds. The highest BCUT2D eigenvalue weighted by Gasteiger charge is 2.34. The lowest BCUT2D eigenvalue weighted by molar-refractivity contribution is 0.658. The minimum Gasteiger partial charge on any atom is -0.0610 e. The zero-order valence-electron chi connectivity index (χ0n) is 8.96. The number of fused-ring (bicyclic) bond motifs is 3. The quantitative estimate of drug-likeness (QED) is 0.598. The molecule has 0 heteroatoms. The Labute approximate surface area is 90.6 Å². The van der Waals surface area contributed by atoms with E-state index >= 15 is 0 Å². The fraction of sp³-hybridized carbons (Fsp3) is 0.200. The topological polar surface area (TPSA) is 0 Å². The molecule has 0 N–H and O–H groups in total. The van der Waals surface area contributed by atoms with Gasteiger partial charge in [0.1, 0.15) is 0 Å². The van der Waals surface area contributed by atoms with Crippen LogP contribution in [0.4, 0.5) is 0 Å². The second-order valence-electron chi connectivity index (χ2n) is 4.54. The summed E-state index contributed by atoms with van der Waals surface area (Å²) in [7, 11) is 0. The average Bonchev–Trinajstić information content (AvgIpc) is 2.51. The summed E-state index contributed by atoms with van der Waals surface area (Å²) in [6.45, 7) is 4.48. The third-order valence-corrected chi connectivity index (χ3v) is 3.25. The SMILES string of the molecule is CC1(C)c2[c]cccc2-c2ccc[c]c21. The van der Waals surface area contributed by atoms with Crippen LogP contribution in [0.15, 0.2) is 36.4 Å². The smallest absolute Gasteiger partial charge is 0.0171 e. The molecule has 15 heavy (non-hydrogen) atoms. The van der Waals surface area contributed by atoms with Crippen molar-refractivity contribution in [2.45, 2.75) is 19.3 Å². The van der Waals surface area contributed by atoms with Crippen LogP contribution in [0.1, 0.15) is 25.0 Å². The second kappa shape index (κ2) is 2.73. The van der Waals surface area contributed by atoms with E-state index in [2.05, 4.69) is 50.2 Å². The molecule has 1 aliphatic carbocycles. The molecule has 0 nitrogen and oxygen atoms in total. The molecule has 0 fully saturated rings. The first-order valence-electron chi connectivity index (χ1n) is 5.24. The van der Waals surface area contributed by atoms with E-state index in [1.165, 1.54) is 22.3 Å². The Hall–Kier alpha value is -1.56. The molecule has 1 aliphatic rings. The van der Waals surface area contributed by atoms with E-state index in [1.54, 1.807) is 0 Å². The van der Waals surface area contributed by atoms with Gasteiger partial charge in [0.25, 0.3) is 0 Å². The van der Waals surface area contributed by atoms with Crippen LogP contribution in [0.2, 0.25) is 0 Å². The summed E-state index contributed by atoms with van der Waals surface area (Å²) in [6.07, 6.45) is 0. The van der Waals surface area contributed by atoms with Gasteiger partial charge in [-0.2, -0.15) is 0 Å². The summed E-state index contributed by atoms with van der Waals surface area (Å²) in [5.41, 5.74) is 5.27. The first-order chi connectivity index (χ1) is 7.21. The Morgan fingerprint density at radius 3 is 1.80 bits per heavy atom. The van der Waals surface area contributed by atoms with Crippen molar-refractivity contribution < 1.29 is 0 Å². The first kappa shape index (κ1) is 8.72. The fourth-order valence-electron chi connectivity index (χ4n) is 2.48. The van der Waals surface area contributed by atoms with E-state index in [1.807, 2.05) is 12.1 Å². The van der Waals surface area contributed by atoms with Crippen LogP contribution < -0.4 is 0 Å². The van der Waals surface area contributed by atoms with Crippen molar-refractivity contribution in [1.29, 1.82) is 0 Å². The van der Waals surface area contributed by atoms with Crippen LogP contribution in [-0.2, 0) is 5.41 Å². The molecule has 0 atom stereocenters. The lowest BCUT2D eigenvalue weighted by Crippen LogP contribution is -2.14. The van der Waals surface area contributed by atoms with Crippen LogP contribution in [0.3, 0.4) is 0 Å². The van der Waals surface area contributed by atoms with Crippen LogP contribution in [0.25, 0.3) is 11.1 Å². The minimum absolute atomic E-state index is 0.0488. The molecule has 0 bridgehead atoms. The summed E-state index contributed by atoms with van der Waals surface area (Å²) in [5.74, 6) is 0. The maximum absolute atomic E-state index is 3.37. The molecule has 2 aromatic carbocycles. The largest absolute Gasteiger partial charge is 0.0610 e. The Kier molecular flexibility index (Phi) is 1.59. The molecule has 0 heterocycles. The van der Waals surface area contributed by atoms with Gasteiger partial charge >= 0.3 is 0 Å². The molecule has 0 aromatic heterocycles. The van der Waals surface area contributed by atoms with Crippen molar-refractivity contribution in [2.75, 3.05) is 0 Å². The van der Waals surface area contributed by atoms with Gasteiger partial charge in [-0.25, -0.2) is 0 Å². The molecule has 0 spiro atoms. The molecule has 0 aliphatic heterocycles. The van der Waals surface area contributed by atoms with Gasteiger partial charge in [0, 0.05) is 5.41 Å². The van der Waals surface area contributed by atoms with Crippen molar-refractivity contribution in [3.05, 3.63) is 59.7 Å². The van der Waals surface area contributed by atoms with Crippen molar-refractivity contribution in [3.63, 3.8) is 0 Å². The van der Waals surface area contributed by atoms with E-state index in [0.717, 1.165) is 0 Å². The van der Waals surface area contributed by atoms with Crippen LogP contribution in [0, 0.1) is 12.1 Å². The normalized spacial score (nSPS) is 15.9. The average molecular weight is 192 g/mol. The number of hydrogen-bond acceptors (Lipinski definition) is 0. The molecule has 0 unspecified atom stereocenters. The van der Waals surface area contributed by atoms with E-state index < -0.39 is 0 Å². The standard InChI is InChI=1S/C15H12/c1-15(2)13-9-5-3-7-11(13)12-8-4-6-10-14(12)15/h3-8H,1-2H3. The summed E-state index contributed by atoms with van der Waals surface area (Å²) in [6, 6.07) is 19.2. The van der Waals surface area contributed by atoms with Crippen LogP contribution >= 0.6 is 0 Å². The molecule has 72 valence electrons. The summed E-state index contributed by atoms with van der Waals surface area (Å²) in [5, 5.41) is 0. The highest BCUT2D eigenvalue weighted by molar-refractivity contribution is 5.79. The zero-order valence-corrected chi connectivity index (χ0v) is 8.96. The monoisotopic (exact) mass is 192 g/mol. The summed E-state index contributed by atoms with van der Waals surface area (Å²) >= 11 is 0. The number of benzene rings is 2. The third kappa shape index (κ3) is 1.02. The lowest BCUT2D eigenvalue weighted by Gasteiger charge is -2.20. The Morgan fingerprint density at radius 1 is 0.867 bits per heavy atom. The molecule has 2 radical (unpaired) electrons. The van der Waals surface area contributed by atoms with E-state index in [0.29, 0.717) is 0 Å². The summed E-state index contributed by atoms with van der Waals surface area (Å²) in [4.78, 5) is 0. The Morgan fingerprint density at radius 2 is 1.33 bits per heavy atom. The van der Waals surface area contributed by atoms with Gasteiger partial charge in [0.2, 0.25) is 0 Å². The molecule has 2 aromatic rings. The maximum Gasteiger partial charge on any atom is 0.0171 e. The van der Waals surface area contributed by atoms with Gasteiger partial charge in [-0.05, 0) is 34.4 Å². The van der Waals surface area contributed by atoms with Gasteiger partial charge in [-0.15, -0.1) is 0 Å². The molecule has 3 rings (SSSR count). The van der Waals surface area contributed by atoms with Crippen molar-refractivity contribution in [2.24, 2.45) is 0 Å². The van der Waals surface area contributed by atoms with Crippen molar-refractivity contribution in [3.8, 4) is 11.1 Å². The number of hydrogen-bond donors (Lipinski definition) is 0. The van der Waals surface area contributed by atoms with Crippen LogP contribution in [-0.4, -0.2) is 0 Å². The first-order valence-corrected chi connectivity index (χ1v) is 5.24. The van der Waals surface area contributed by atoms with E-state index in [-0.39, 0.29) is 5.41 Å². The third-order valence-electron chi connectivity index (χ3n) is 3.25. The van der Waals surface area contributed by atoms with E-state index in [9.17, 15) is 0 Å². The maximum atomic E-state index is 3.37. The van der Waals surface area contributed by atoms with Gasteiger partial charge in [-0.1, -0.05) is 50.2 Å². The predicted octanol–water partition coefficient (Wildman–Crippen LogP) is 3.59. The molecule has 0 saturated carbocycles. The molecular weight excluding hydrogens is 180 g/mol. The van der Waals surface area contributed by atoms with Gasteiger partial charge < -0.3 is 0 Å². The molecule has 0 saturated heterocycles.